The number of carbonyl (C=O) groups excluding carboxylic acids is 1. The zero-order valence-corrected chi connectivity index (χ0v) is 17.3. The molecule has 0 aliphatic heterocycles. The number of ether oxygens (including phenoxy) is 2. The van der Waals surface area contributed by atoms with Crippen LogP contribution in [0.3, 0.4) is 0 Å². The maximum Gasteiger partial charge on any atom is 0.283 e. The summed E-state index contributed by atoms with van der Waals surface area (Å²) in [6.45, 7) is -0.0175. The van der Waals surface area contributed by atoms with Crippen molar-refractivity contribution in [3.63, 3.8) is 0 Å². The lowest BCUT2D eigenvalue weighted by Gasteiger charge is -2.12. The van der Waals surface area contributed by atoms with Crippen molar-refractivity contribution in [1.82, 2.24) is 24.5 Å². The van der Waals surface area contributed by atoms with Crippen LogP contribution >= 0.6 is 0 Å². The Morgan fingerprint density at radius 1 is 1.12 bits per heavy atom. The van der Waals surface area contributed by atoms with Gasteiger partial charge in [0.1, 0.15) is 30.2 Å². The first-order valence-corrected chi connectivity index (χ1v) is 9.53. The zero-order chi connectivity index (χ0) is 22.7. The van der Waals surface area contributed by atoms with E-state index in [-0.39, 0.29) is 30.1 Å². The molecule has 1 amide bonds. The lowest BCUT2D eigenvalue weighted by molar-refractivity contribution is -0.116. The van der Waals surface area contributed by atoms with Crippen molar-refractivity contribution in [2.45, 2.75) is 13.1 Å². The van der Waals surface area contributed by atoms with E-state index in [0.29, 0.717) is 17.2 Å². The maximum absolute atomic E-state index is 13.1. The van der Waals surface area contributed by atoms with Crippen LogP contribution in [0, 0.1) is 5.82 Å². The molecule has 2 heterocycles. The summed E-state index contributed by atoms with van der Waals surface area (Å²) in [5, 5.41) is 10.6. The van der Waals surface area contributed by atoms with Gasteiger partial charge in [0.15, 0.2) is 11.2 Å². The highest BCUT2D eigenvalue weighted by molar-refractivity contribution is 5.92. The van der Waals surface area contributed by atoms with Crippen LogP contribution in [0.25, 0.3) is 11.2 Å². The molecular formula is C21H19FN6O4. The molecule has 0 atom stereocenters. The molecule has 0 spiro atoms. The second kappa shape index (κ2) is 8.84. The van der Waals surface area contributed by atoms with Gasteiger partial charge in [-0.2, -0.15) is 0 Å². The molecule has 0 radical (unpaired) electrons. The Morgan fingerprint density at radius 2 is 1.91 bits per heavy atom. The van der Waals surface area contributed by atoms with Gasteiger partial charge in [-0.25, -0.2) is 14.1 Å². The fourth-order valence-electron chi connectivity index (χ4n) is 3.13. The number of nitrogens with zero attached hydrogens (tertiary/aromatic N) is 5. The Kier molecular flexibility index (Phi) is 5.79. The minimum atomic E-state index is -0.506. The first kappa shape index (κ1) is 21.0. The molecule has 1 N–H and O–H groups in total. The van der Waals surface area contributed by atoms with Gasteiger partial charge in [0.05, 0.1) is 26.5 Å². The number of nitrogens with one attached hydrogen (secondary N) is 1. The molecule has 0 saturated carbocycles. The predicted molar refractivity (Wildman–Crippen MR) is 113 cm³/mol. The largest absolute Gasteiger partial charge is 0.497 e. The molecule has 2 aromatic heterocycles. The van der Waals surface area contributed by atoms with Crippen molar-refractivity contribution < 1.29 is 18.7 Å². The summed E-state index contributed by atoms with van der Waals surface area (Å²) in [5.41, 5.74) is 0.972. The lowest BCUT2D eigenvalue weighted by Crippen LogP contribution is -2.28. The number of methoxy groups -OCH3 is 2. The monoisotopic (exact) mass is 438 g/mol. The van der Waals surface area contributed by atoms with Crippen molar-refractivity contribution in [2.24, 2.45) is 0 Å². The Balaban J connectivity index is 1.54. The third-order valence-electron chi connectivity index (χ3n) is 4.73. The van der Waals surface area contributed by atoms with Gasteiger partial charge in [-0.1, -0.05) is 17.3 Å². The van der Waals surface area contributed by atoms with Gasteiger partial charge in [-0.15, -0.1) is 5.10 Å². The molecule has 0 aliphatic carbocycles. The first-order chi connectivity index (χ1) is 15.5. The van der Waals surface area contributed by atoms with E-state index in [1.165, 1.54) is 37.4 Å². The number of carbonyl (C=O) groups is 1. The number of anilines is 1. The minimum absolute atomic E-state index is 0.0290. The molecule has 2 aromatic carbocycles. The molecule has 0 saturated heterocycles. The van der Waals surface area contributed by atoms with E-state index < -0.39 is 11.5 Å². The van der Waals surface area contributed by atoms with E-state index in [1.807, 2.05) is 0 Å². The van der Waals surface area contributed by atoms with Crippen LogP contribution in [0.15, 0.2) is 53.6 Å². The van der Waals surface area contributed by atoms with Gasteiger partial charge < -0.3 is 14.8 Å². The zero-order valence-electron chi connectivity index (χ0n) is 17.3. The fraction of sp³-hybridized carbons (Fsp3) is 0.190. The molecule has 4 aromatic rings. The molecule has 4 rings (SSSR count). The quantitative estimate of drug-likeness (QED) is 0.468. The predicted octanol–water partition coefficient (Wildman–Crippen LogP) is 1.83. The van der Waals surface area contributed by atoms with Crippen LogP contribution in [-0.2, 0) is 17.9 Å². The number of hydrogen-bond donors (Lipinski definition) is 1. The van der Waals surface area contributed by atoms with Gasteiger partial charge in [-0.05, 0) is 29.8 Å². The van der Waals surface area contributed by atoms with Crippen LogP contribution in [0.2, 0.25) is 0 Å². The third-order valence-corrected chi connectivity index (χ3v) is 4.73. The molecule has 11 heteroatoms. The molecule has 0 aliphatic rings. The summed E-state index contributed by atoms with van der Waals surface area (Å²) in [7, 11) is 2.99. The molecule has 0 fully saturated rings. The highest BCUT2D eigenvalue weighted by Gasteiger charge is 2.15. The molecule has 32 heavy (non-hydrogen) atoms. The number of amides is 1. The van der Waals surface area contributed by atoms with Crippen molar-refractivity contribution >= 4 is 22.8 Å². The molecular weight excluding hydrogens is 419 g/mol. The van der Waals surface area contributed by atoms with E-state index in [0.717, 1.165) is 10.1 Å². The fourth-order valence-corrected chi connectivity index (χ4v) is 3.13. The van der Waals surface area contributed by atoms with Gasteiger partial charge in [-0.3, -0.25) is 14.2 Å². The van der Waals surface area contributed by atoms with Crippen molar-refractivity contribution in [3.8, 4) is 11.5 Å². The standard InChI is InChI=1S/C21H19FN6O4/c1-31-15-7-8-17(32-2)16(9-15)24-18(29)11-27-12-23-20-19(21(27)30)25-26-28(20)10-13-3-5-14(22)6-4-13/h3-9,12H,10-11H2,1-2H3,(H,24,29). The summed E-state index contributed by atoms with van der Waals surface area (Å²) >= 11 is 0. The number of fused-ring (bicyclic) bond motifs is 1. The van der Waals surface area contributed by atoms with E-state index in [1.54, 1.807) is 30.3 Å². The van der Waals surface area contributed by atoms with Crippen LogP contribution in [-0.4, -0.2) is 44.7 Å². The van der Waals surface area contributed by atoms with E-state index in [9.17, 15) is 14.0 Å². The van der Waals surface area contributed by atoms with Gasteiger partial charge in [0, 0.05) is 6.07 Å². The van der Waals surface area contributed by atoms with Crippen LogP contribution < -0.4 is 20.3 Å². The van der Waals surface area contributed by atoms with Crippen molar-refractivity contribution in [2.75, 3.05) is 19.5 Å². The summed E-state index contributed by atoms with van der Waals surface area (Å²) in [4.78, 5) is 29.6. The average Bonchev–Trinajstić information content (AvgIpc) is 3.20. The maximum atomic E-state index is 13.1. The van der Waals surface area contributed by atoms with Gasteiger partial charge >= 0.3 is 0 Å². The number of aromatic nitrogens is 5. The molecule has 0 unspecified atom stereocenters. The number of hydrogen-bond acceptors (Lipinski definition) is 7. The number of benzene rings is 2. The highest BCUT2D eigenvalue weighted by Crippen LogP contribution is 2.28. The minimum Gasteiger partial charge on any atom is -0.497 e. The van der Waals surface area contributed by atoms with Crippen LogP contribution in [0.4, 0.5) is 10.1 Å². The van der Waals surface area contributed by atoms with Gasteiger partial charge in [0.25, 0.3) is 5.56 Å². The third kappa shape index (κ3) is 4.26. The Morgan fingerprint density at radius 3 is 2.62 bits per heavy atom. The molecule has 0 bridgehead atoms. The molecule has 10 nitrogen and oxygen atoms in total. The first-order valence-electron chi connectivity index (χ1n) is 9.53. The van der Waals surface area contributed by atoms with Crippen molar-refractivity contribution in [1.29, 1.82) is 0 Å². The topological polar surface area (TPSA) is 113 Å². The summed E-state index contributed by atoms with van der Waals surface area (Å²) in [6.07, 6.45) is 1.26. The van der Waals surface area contributed by atoms with Gasteiger partial charge in [0.2, 0.25) is 5.91 Å². The van der Waals surface area contributed by atoms with E-state index >= 15 is 0 Å². The average molecular weight is 438 g/mol. The summed E-state index contributed by atoms with van der Waals surface area (Å²) in [5.74, 6) is 0.185. The Bertz CT molecular complexity index is 1330. The smallest absolute Gasteiger partial charge is 0.283 e. The van der Waals surface area contributed by atoms with Crippen LogP contribution in [0.1, 0.15) is 5.56 Å². The molecule has 164 valence electrons. The summed E-state index contributed by atoms with van der Waals surface area (Å²) < 4.78 is 26.1. The van der Waals surface area contributed by atoms with Crippen molar-refractivity contribution in [3.05, 3.63) is 70.5 Å². The van der Waals surface area contributed by atoms with E-state index in [2.05, 4.69) is 20.6 Å². The second-order valence-electron chi connectivity index (χ2n) is 6.84. The number of halogens is 1. The highest BCUT2D eigenvalue weighted by atomic mass is 19.1. The normalized spacial score (nSPS) is 10.8. The Labute approximate surface area is 181 Å². The number of rotatable bonds is 7. The van der Waals surface area contributed by atoms with E-state index in [4.69, 9.17) is 9.47 Å². The Hall–Kier alpha value is -4.28. The van der Waals surface area contributed by atoms with Crippen LogP contribution in [0.5, 0.6) is 11.5 Å². The SMILES string of the molecule is COc1ccc(OC)c(NC(=O)Cn2cnc3c(nnn3Cc3ccc(F)cc3)c2=O)c1. The second-order valence-corrected chi connectivity index (χ2v) is 6.84. The summed E-state index contributed by atoms with van der Waals surface area (Å²) in [6, 6.07) is 10.9. The lowest BCUT2D eigenvalue weighted by atomic mass is 10.2.